The zero-order valence-corrected chi connectivity index (χ0v) is 10.1. The first-order chi connectivity index (χ1) is 7.78. The van der Waals surface area contributed by atoms with Crippen LogP contribution in [0.3, 0.4) is 0 Å². The molecule has 16 heavy (non-hydrogen) atoms. The van der Waals surface area contributed by atoms with Crippen LogP contribution in [0.15, 0.2) is 11.8 Å². The molecular weight excluding hydrogens is 204 g/mol. The molecule has 0 bridgehead atoms. The minimum absolute atomic E-state index is 0.386. The van der Waals surface area contributed by atoms with Gasteiger partial charge in [-0.25, -0.2) is 0 Å². The Balaban J connectivity index is 2.10. The Morgan fingerprint density at radius 3 is 2.75 bits per heavy atom. The zero-order chi connectivity index (χ0) is 11.4. The molecule has 0 aromatic rings. The third-order valence-electron chi connectivity index (χ3n) is 3.63. The number of hydrogen-bond acceptors (Lipinski definition) is 3. The van der Waals surface area contributed by atoms with Crippen LogP contribution < -0.4 is 0 Å². The van der Waals surface area contributed by atoms with Crippen molar-refractivity contribution in [1.82, 2.24) is 0 Å². The number of ether oxygens (including phenoxy) is 2. The standard InChI is InChI=1S/C13H22O3/c1-2-16-13(8-4-3-5-9-13)12(14)11-7-6-10-15-11/h7,12,14H,2-6,8-10H2,1H3. The van der Waals surface area contributed by atoms with Gasteiger partial charge in [0.05, 0.1) is 6.61 Å². The molecule has 0 aromatic carbocycles. The number of aliphatic hydroxyl groups excluding tert-OH is 1. The second kappa shape index (κ2) is 5.19. The SMILES string of the molecule is CCOC1(C(O)C2=CCCO2)CCCCC1. The zero-order valence-electron chi connectivity index (χ0n) is 10.1. The molecule has 0 amide bonds. The molecule has 1 fully saturated rings. The molecule has 1 N–H and O–H groups in total. The van der Waals surface area contributed by atoms with Crippen molar-refractivity contribution >= 4 is 0 Å². The second-order valence-corrected chi connectivity index (χ2v) is 4.70. The van der Waals surface area contributed by atoms with Gasteiger partial charge < -0.3 is 14.6 Å². The van der Waals surface area contributed by atoms with Crippen LogP contribution in [0, 0.1) is 0 Å². The predicted octanol–water partition coefficient (Wildman–Crippen LogP) is 2.39. The monoisotopic (exact) mass is 226 g/mol. The average molecular weight is 226 g/mol. The van der Waals surface area contributed by atoms with E-state index in [1.54, 1.807) is 0 Å². The van der Waals surface area contributed by atoms with Crippen molar-refractivity contribution in [2.45, 2.75) is 57.2 Å². The van der Waals surface area contributed by atoms with Crippen molar-refractivity contribution in [3.63, 3.8) is 0 Å². The van der Waals surface area contributed by atoms with Gasteiger partial charge in [-0.15, -0.1) is 0 Å². The molecule has 0 saturated heterocycles. The molecule has 3 heteroatoms. The molecule has 0 spiro atoms. The third-order valence-corrected chi connectivity index (χ3v) is 3.63. The quantitative estimate of drug-likeness (QED) is 0.800. The summed E-state index contributed by atoms with van der Waals surface area (Å²) >= 11 is 0. The van der Waals surface area contributed by atoms with Crippen molar-refractivity contribution in [3.05, 3.63) is 11.8 Å². The van der Waals surface area contributed by atoms with E-state index in [2.05, 4.69) is 0 Å². The maximum absolute atomic E-state index is 10.4. The van der Waals surface area contributed by atoms with Crippen LogP contribution in [0.25, 0.3) is 0 Å². The van der Waals surface area contributed by atoms with Gasteiger partial charge in [0, 0.05) is 13.0 Å². The van der Waals surface area contributed by atoms with Crippen LogP contribution in [-0.4, -0.2) is 30.0 Å². The Hall–Kier alpha value is -0.540. The van der Waals surface area contributed by atoms with Crippen molar-refractivity contribution in [2.24, 2.45) is 0 Å². The molecular formula is C13H22O3. The summed E-state index contributed by atoms with van der Waals surface area (Å²) in [6.07, 6.45) is 7.77. The first-order valence-electron chi connectivity index (χ1n) is 6.43. The van der Waals surface area contributed by atoms with E-state index in [9.17, 15) is 5.11 Å². The predicted molar refractivity (Wildman–Crippen MR) is 62.1 cm³/mol. The van der Waals surface area contributed by atoms with Crippen molar-refractivity contribution in [1.29, 1.82) is 0 Å². The fraction of sp³-hybridized carbons (Fsp3) is 0.846. The third kappa shape index (κ3) is 2.25. The Morgan fingerprint density at radius 1 is 1.44 bits per heavy atom. The highest BCUT2D eigenvalue weighted by molar-refractivity contribution is 5.12. The molecule has 2 aliphatic rings. The Labute approximate surface area is 97.4 Å². The molecule has 1 aliphatic heterocycles. The topological polar surface area (TPSA) is 38.7 Å². The van der Waals surface area contributed by atoms with E-state index in [-0.39, 0.29) is 5.60 Å². The maximum Gasteiger partial charge on any atom is 0.139 e. The summed E-state index contributed by atoms with van der Waals surface area (Å²) in [6, 6.07) is 0. The highest BCUT2D eigenvalue weighted by Gasteiger charge is 2.42. The van der Waals surface area contributed by atoms with Crippen LogP contribution in [0.5, 0.6) is 0 Å². The summed E-state index contributed by atoms with van der Waals surface area (Å²) in [5.41, 5.74) is -0.386. The molecule has 1 heterocycles. The largest absolute Gasteiger partial charge is 0.495 e. The number of aliphatic hydroxyl groups is 1. The van der Waals surface area contributed by atoms with E-state index >= 15 is 0 Å². The molecule has 1 atom stereocenters. The first kappa shape index (κ1) is 11.9. The number of hydrogen-bond donors (Lipinski definition) is 1. The fourth-order valence-corrected chi connectivity index (χ4v) is 2.82. The Morgan fingerprint density at radius 2 is 2.19 bits per heavy atom. The van der Waals surface area contributed by atoms with Crippen molar-refractivity contribution in [2.75, 3.05) is 13.2 Å². The van der Waals surface area contributed by atoms with Gasteiger partial charge >= 0.3 is 0 Å². The minimum Gasteiger partial charge on any atom is -0.495 e. The van der Waals surface area contributed by atoms with Gasteiger partial charge in [-0.1, -0.05) is 19.3 Å². The van der Waals surface area contributed by atoms with Crippen LogP contribution in [0.4, 0.5) is 0 Å². The van der Waals surface area contributed by atoms with E-state index < -0.39 is 6.10 Å². The summed E-state index contributed by atoms with van der Waals surface area (Å²) in [5, 5.41) is 10.4. The first-order valence-corrected chi connectivity index (χ1v) is 6.43. The highest BCUT2D eigenvalue weighted by Crippen LogP contribution is 2.38. The van der Waals surface area contributed by atoms with Crippen LogP contribution >= 0.6 is 0 Å². The van der Waals surface area contributed by atoms with Gasteiger partial charge in [0.25, 0.3) is 0 Å². The summed E-state index contributed by atoms with van der Waals surface area (Å²) in [4.78, 5) is 0. The maximum atomic E-state index is 10.4. The van der Waals surface area contributed by atoms with Crippen LogP contribution in [0.2, 0.25) is 0 Å². The lowest BCUT2D eigenvalue weighted by Gasteiger charge is -2.40. The van der Waals surface area contributed by atoms with E-state index in [0.29, 0.717) is 13.2 Å². The number of rotatable bonds is 4. The second-order valence-electron chi connectivity index (χ2n) is 4.70. The fourth-order valence-electron chi connectivity index (χ4n) is 2.82. The molecule has 1 aliphatic carbocycles. The minimum atomic E-state index is -0.574. The smallest absolute Gasteiger partial charge is 0.139 e. The van der Waals surface area contributed by atoms with E-state index in [1.807, 2.05) is 13.0 Å². The van der Waals surface area contributed by atoms with E-state index in [1.165, 1.54) is 6.42 Å². The van der Waals surface area contributed by atoms with E-state index in [4.69, 9.17) is 9.47 Å². The molecule has 3 nitrogen and oxygen atoms in total. The van der Waals surface area contributed by atoms with Gasteiger partial charge in [-0.3, -0.25) is 0 Å². The van der Waals surface area contributed by atoms with Crippen molar-refractivity contribution in [3.8, 4) is 0 Å². The van der Waals surface area contributed by atoms with Gasteiger partial charge in [0.2, 0.25) is 0 Å². The lowest BCUT2D eigenvalue weighted by molar-refractivity contribution is -0.138. The molecule has 0 radical (unpaired) electrons. The molecule has 92 valence electrons. The van der Waals surface area contributed by atoms with Crippen LogP contribution in [-0.2, 0) is 9.47 Å². The summed E-state index contributed by atoms with van der Waals surface area (Å²) < 4.78 is 11.3. The van der Waals surface area contributed by atoms with Gasteiger partial charge in [0.1, 0.15) is 17.5 Å². The molecule has 1 unspecified atom stereocenters. The lowest BCUT2D eigenvalue weighted by Crippen LogP contribution is -2.47. The summed E-state index contributed by atoms with van der Waals surface area (Å²) in [5.74, 6) is 0.732. The Kier molecular flexibility index (Phi) is 3.87. The molecule has 2 rings (SSSR count). The lowest BCUT2D eigenvalue weighted by atomic mass is 9.79. The van der Waals surface area contributed by atoms with Gasteiger partial charge in [0.15, 0.2) is 0 Å². The average Bonchev–Trinajstić information content (AvgIpc) is 2.83. The van der Waals surface area contributed by atoms with Gasteiger partial charge in [-0.05, 0) is 25.8 Å². The Bertz CT molecular complexity index is 248. The van der Waals surface area contributed by atoms with Gasteiger partial charge in [-0.2, -0.15) is 0 Å². The van der Waals surface area contributed by atoms with Crippen LogP contribution in [0.1, 0.15) is 45.4 Å². The summed E-state index contributed by atoms with van der Waals surface area (Å²) in [6.45, 7) is 3.35. The summed E-state index contributed by atoms with van der Waals surface area (Å²) in [7, 11) is 0. The molecule has 0 aromatic heterocycles. The normalized spacial score (nSPS) is 26.0. The highest BCUT2D eigenvalue weighted by atomic mass is 16.5. The van der Waals surface area contributed by atoms with Crippen molar-refractivity contribution < 1.29 is 14.6 Å². The molecule has 1 saturated carbocycles. The van der Waals surface area contributed by atoms with E-state index in [0.717, 1.165) is 37.9 Å².